The molecule has 0 amide bonds. The largest absolute Gasteiger partial charge is 0.463 e. The molecule has 0 radical (unpaired) electrons. The van der Waals surface area contributed by atoms with Gasteiger partial charge in [0, 0.05) is 5.02 Å². The summed E-state index contributed by atoms with van der Waals surface area (Å²) in [6.45, 7) is 2.48. The quantitative estimate of drug-likeness (QED) is 0.553. The number of hydrogen-bond acceptors (Lipinski definition) is 7. The van der Waals surface area contributed by atoms with E-state index in [0.29, 0.717) is 22.3 Å². The van der Waals surface area contributed by atoms with Gasteiger partial charge >= 0.3 is 6.01 Å². The van der Waals surface area contributed by atoms with E-state index in [9.17, 15) is 0 Å². The molecule has 0 aliphatic carbocycles. The molecule has 0 fully saturated rings. The topological polar surface area (TPSA) is 98.0 Å². The Kier molecular flexibility index (Phi) is 5.38. The van der Waals surface area contributed by atoms with Crippen LogP contribution in [0.15, 0.2) is 18.2 Å². The highest BCUT2D eigenvalue weighted by atomic mass is 35.5. The van der Waals surface area contributed by atoms with E-state index in [1.807, 2.05) is 6.92 Å². The summed E-state index contributed by atoms with van der Waals surface area (Å²) in [5.41, 5.74) is 2.97. The Hall–Kier alpha value is -1.83. The number of rotatable bonds is 6. The van der Waals surface area contributed by atoms with Crippen LogP contribution < -0.4 is 21.3 Å². The lowest BCUT2D eigenvalue weighted by Crippen LogP contribution is -2.14. The maximum atomic E-state index is 6.09. The van der Waals surface area contributed by atoms with Gasteiger partial charge in [-0.1, -0.05) is 30.1 Å². The van der Waals surface area contributed by atoms with Crippen molar-refractivity contribution in [1.82, 2.24) is 15.0 Å². The van der Waals surface area contributed by atoms with Gasteiger partial charge in [0.25, 0.3) is 0 Å². The highest BCUT2D eigenvalue weighted by molar-refractivity contribution is 6.36. The van der Waals surface area contributed by atoms with Crippen molar-refractivity contribution in [2.75, 3.05) is 17.3 Å². The van der Waals surface area contributed by atoms with Crippen molar-refractivity contribution >= 4 is 40.8 Å². The molecule has 0 saturated carbocycles. The number of nitrogens with one attached hydrogen (secondary N) is 2. The lowest BCUT2D eigenvalue weighted by Gasteiger charge is -2.10. The highest BCUT2D eigenvalue weighted by Gasteiger charge is 2.09. The van der Waals surface area contributed by atoms with E-state index in [0.717, 1.165) is 6.42 Å². The summed E-state index contributed by atoms with van der Waals surface area (Å²) in [7, 11) is 0. The lowest BCUT2D eigenvalue weighted by molar-refractivity contribution is 0.292. The third-order valence-electron chi connectivity index (χ3n) is 2.36. The standard InChI is InChI=1S/C12H14Cl2N6O/c1-2-5-21-12-18-10(17-11(19-12)20-15)16-9-4-3-7(13)6-8(9)14/h3-4,6H,2,5,15H2,1H3,(H2,16,17,18,19,20). The van der Waals surface area contributed by atoms with Crippen LogP contribution in [0.5, 0.6) is 6.01 Å². The molecule has 21 heavy (non-hydrogen) atoms. The Morgan fingerprint density at radius 3 is 2.62 bits per heavy atom. The molecule has 2 rings (SSSR count). The summed E-state index contributed by atoms with van der Waals surface area (Å²) in [5, 5.41) is 3.95. The van der Waals surface area contributed by atoms with Crippen LogP contribution in [0.2, 0.25) is 10.0 Å². The number of ether oxygens (including phenoxy) is 1. The summed E-state index contributed by atoms with van der Waals surface area (Å²) in [4.78, 5) is 12.2. The van der Waals surface area contributed by atoms with Gasteiger partial charge in [-0.05, 0) is 24.6 Å². The van der Waals surface area contributed by atoms with Crippen molar-refractivity contribution in [2.45, 2.75) is 13.3 Å². The van der Waals surface area contributed by atoms with Crippen molar-refractivity contribution < 1.29 is 4.74 Å². The molecule has 1 aromatic heterocycles. The molecule has 2 aromatic rings. The van der Waals surface area contributed by atoms with Crippen LogP contribution >= 0.6 is 23.2 Å². The van der Waals surface area contributed by atoms with Crippen LogP contribution in [0.25, 0.3) is 0 Å². The van der Waals surface area contributed by atoms with Crippen LogP contribution in [0.3, 0.4) is 0 Å². The molecule has 4 N–H and O–H groups in total. The fraction of sp³-hybridized carbons (Fsp3) is 0.250. The number of benzene rings is 1. The number of aromatic nitrogens is 3. The SMILES string of the molecule is CCCOc1nc(NN)nc(Nc2ccc(Cl)cc2Cl)n1. The van der Waals surface area contributed by atoms with Crippen molar-refractivity contribution in [3.8, 4) is 6.01 Å². The summed E-state index contributed by atoms with van der Waals surface area (Å²) in [5.74, 6) is 5.77. The fourth-order valence-corrected chi connectivity index (χ4v) is 1.90. The van der Waals surface area contributed by atoms with Crippen LogP contribution in [-0.4, -0.2) is 21.6 Å². The molecule has 1 aromatic carbocycles. The summed E-state index contributed by atoms with van der Waals surface area (Å²) in [6.07, 6.45) is 0.836. The number of hydrazine groups is 1. The van der Waals surface area contributed by atoms with E-state index >= 15 is 0 Å². The second-order valence-electron chi connectivity index (χ2n) is 4.01. The summed E-state index contributed by atoms with van der Waals surface area (Å²) in [6, 6.07) is 5.21. The molecule has 0 bridgehead atoms. The zero-order valence-electron chi connectivity index (χ0n) is 11.2. The molecule has 112 valence electrons. The fourth-order valence-electron chi connectivity index (χ4n) is 1.45. The van der Waals surface area contributed by atoms with Gasteiger partial charge in [-0.25, -0.2) is 5.84 Å². The Bertz CT molecular complexity index is 625. The van der Waals surface area contributed by atoms with Gasteiger partial charge in [0.05, 0.1) is 17.3 Å². The smallest absolute Gasteiger partial charge is 0.323 e. The Morgan fingerprint density at radius 1 is 1.19 bits per heavy atom. The number of nitrogen functional groups attached to an aromatic ring is 1. The van der Waals surface area contributed by atoms with Gasteiger partial charge < -0.3 is 10.1 Å². The minimum Gasteiger partial charge on any atom is -0.463 e. The van der Waals surface area contributed by atoms with E-state index < -0.39 is 0 Å². The van der Waals surface area contributed by atoms with Crippen LogP contribution in [0.1, 0.15) is 13.3 Å². The molecule has 9 heteroatoms. The van der Waals surface area contributed by atoms with Gasteiger partial charge in [-0.3, -0.25) is 5.43 Å². The molecular weight excluding hydrogens is 315 g/mol. The zero-order chi connectivity index (χ0) is 15.2. The molecule has 0 saturated heterocycles. The normalized spacial score (nSPS) is 10.3. The first kappa shape index (κ1) is 15.6. The maximum absolute atomic E-state index is 6.09. The molecular formula is C12H14Cl2N6O. The van der Waals surface area contributed by atoms with Crippen molar-refractivity contribution in [3.63, 3.8) is 0 Å². The first-order valence-electron chi connectivity index (χ1n) is 6.20. The number of nitrogens with zero attached hydrogens (tertiary/aromatic N) is 3. The average Bonchev–Trinajstić information content (AvgIpc) is 2.48. The van der Waals surface area contributed by atoms with E-state index in [4.69, 9.17) is 33.8 Å². The zero-order valence-corrected chi connectivity index (χ0v) is 12.7. The Morgan fingerprint density at radius 2 is 1.95 bits per heavy atom. The molecule has 1 heterocycles. The molecule has 0 spiro atoms. The number of nitrogens with two attached hydrogens (primary N) is 1. The minimum atomic E-state index is 0.174. The summed E-state index contributed by atoms with van der Waals surface area (Å²) >= 11 is 11.9. The third-order valence-corrected chi connectivity index (χ3v) is 2.90. The highest BCUT2D eigenvalue weighted by Crippen LogP contribution is 2.27. The first-order chi connectivity index (χ1) is 10.1. The van der Waals surface area contributed by atoms with E-state index in [2.05, 4.69) is 25.7 Å². The Labute approximate surface area is 131 Å². The van der Waals surface area contributed by atoms with Crippen LogP contribution in [-0.2, 0) is 0 Å². The molecule has 0 aliphatic heterocycles. The second kappa shape index (κ2) is 7.26. The van der Waals surface area contributed by atoms with Crippen molar-refractivity contribution in [1.29, 1.82) is 0 Å². The van der Waals surface area contributed by atoms with Crippen LogP contribution in [0.4, 0.5) is 17.6 Å². The minimum absolute atomic E-state index is 0.174. The molecule has 0 aliphatic rings. The lowest BCUT2D eigenvalue weighted by atomic mass is 10.3. The van der Waals surface area contributed by atoms with Crippen LogP contribution in [0, 0.1) is 0 Å². The van der Waals surface area contributed by atoms with Crippen molar-refractivity contribution in [3.05, 3.63) is 28.2 Å². The average molecular weight is 329 g/mol. The molecule has 7 nitrogen and oxygen atoms in total. The molecule has 0 atom stereocenters. The second-order valence-corrected chi connectivity index (χ2v) is 4.85. The number of hydrogen-bond donors (Lipinski definition) is 3. The molecule has 0 unspecified atom stereocenters. The predicted molar refractivity (Wildman–Crippen MR) is 83.2 cm³/mol. The number of anilines is 3. The Balaban J connectivity index is 2.25. The van der Waals surface area contributed by atoms with Gasteiger partial charge in [-0.15, -0.1) is 0 Å². The van der Waals surface area contributed by atoms with Crippen molar-refractivity contribution in [2.24, 2.45) is 5.84 Å². The monoisotopic (exact) mass is 328 g/mol. The van der Waals surface area contributed by atoms with Gasteiger partial charge in [0.2, 0.25) is 11.9 Å². The first-order valence-corrected chi connectivity index (χ1v) is 6.95. The summed E-state index contributed by atoms with van der Waals surface area (Å²) < 4.78 is 5.37. The van der Waals surface area contributed by atoms with E-state index in [1.165, 1.54) is 0 Å². The van der Waals surface area contributed by atoms with Gasteiger partial charge in [0.15, 0.2) is 0 Å². The van der Waals surface area contributed by atoms with E-state index in [1.54, 1.807) is 18.2 Å². The predicted octanol–water partition coefficient (Wildman–Crippen LogP) is 3.00. The maximum Gasteiger partial charge on any atom is 0.323 e. The van der Waals surface area contributed by atoms with Gasteiger partial charge in [0.1, 0.15) is 0 Å². The van der Waals surface area contributed by atoms with E-state index in [-0.39, 0.29) is 17.9 Å². The number of halogens is 2. The third kappa shape index (κ3) is 4.32. The van der Waals surface area contributed by atoms with Gasteiger partial charge in [-0.2, -0.15) is 15.0 Å².